The van der Waals surface area contributed by atoms with E-state index in [9.17, 15) is 13.2 Å². The Morgan fingerprint density at radius 1 is 0.889 bits per heavy atom. The molecule has 0 aliphatic carbocycles. The van der Waals surface area contributed by atoms with Gasteiger partial charge in [0.1, 0.15) is 12.4 Å². The number of amides is 1. The van der Waals surface area contributed by atoms with Crippen LogP contribution in [0.4, 0.5) is 5.69 Å². The third kappa shape index (κ3) is 6.80. The molecule has 1 amide bonds. The van der Waals surface area contributed by atoms with E-state index in [4.69, 9.17) is 4.74 Å². The van der Waals surface area contributed by atoms with Gasteiger partial charge in [0.2, 0.25) is 0 Å². The largest absolute Gasteiger partial charge is 0.488 e. The van der Waals surface area contributed by atoms with E-state index < -0.39 is 15.9 Å². The summed E-state index contributed by atoms with van der Waals surface area (Å²) in [7, 11) is -3.71. The van der Waals surface area contributed by atoms with Crippen molar-refractivity contribution in [3.05, 3.63) is 124 Å². The van der Waals surface area contributed by atoms with E-state index in [0.717, 1.165) is 10.0 Å². The molecule has 4 rings (SSSR count). The number of carbonyl (C=O) groups excluding carboxylic acids is 1. The lowest BCUT2D eigenvalue weighted by molar-refractivity contribution is 0.0955. The number of rotatable bonds is 9. The first kappa shape index (κ1) is 25.2. The van der Waals surface area contributed by atoms with Crippen molar-refractivity contribution in [3.63, 3.8) is 0 Å². The van der Waals surface area contributed by atoms with Crippen LogP contribution >= 0.6 is 15.9 Å². The average molecular weight is 564 g/mol. The Balaban J connectivity index is 1.38. The highest BCUT2D eigenvalue weighted by Gasteiger charge is 2.14. The van der Waals surface area contributed by atoms with Gasteiger partial charge in [-0.25, -0.2) is 13.8 Å². The van der Waals surface area contributed by atoms with Crippen molar-refractivity contribution in [2.24, 2.45) is 5.10 Å². The summed E-state index contributed by atoms with van der Waals surface area (Å²) >= 11 is 3.44. The van der Waals surface area contributed by atoms with Gasteiger partial charge in [0, 0.05) is 21.3 Å². The molecule has 4 aromatic carbocycles. The SMILES string of the molecule is O=C(N/N=C/c1cc(Br)ccc1OCc1ccccc1)c1ccc(NS(=O)(=O)c2ccccc2)cc1. The molecule has 0 atom stereocenters. The monoisotopic (exact) mass is 563 g/mol. The second kappa shape index (κ2) is 11.7. The highest BCUT2D eigenvalue weighted by molar-refractivity contribution is 9.10. The molecule has 7 nitrogen and oxygen atoms in total. The molecule has 182 valence electrons. The number of nitrogens with zero attached hydrogens (tertiary/aromatic N) is 1. The summed E-state index contributed by atoms with van der Waals surface area (Å²) in [4.78, 5) is 12.7. The van der Waals surface area contributed by atoms with Crippen LogP contribution in [0.15, 0.2) is 118 Å². The smallest absolute Gasteiger partial charge is 0.271 e. The van der Waals surface area contributed by atoms with Gasteiger partial charge in [0.15, 0.2) is 0 Å². The number of halogens is 1. The quantitative estimate of drug-likeness (QED) is 0.205. The van der Waals surface area contributed by atoms with Crippen molar-refractivity contribution in [2.75, 3.05) is 4.72 Å². The Hall–Kier alpha value is -3.95. The fourth-order valence-electron chi connectivity index (χ4n) is 3.22. The number of hydrazone groups is 1. The van der Waals surface area contributed by atoms with E-state index >= 15 is 0 Å². The van der Waals surface area contributed by atoms with Gasteiger partial charge in [-0.15, -0.1) is 0 Å². The van der Waals surface area contributed by atoms with Crippen LogP contribution in [0.1, 0.15) is 21.5 Å². The topological polar surface area (TPSA) is 96.9 Å². The number of carbonyl (C=O) groups is 1. The minimum atomic E-state index is -3.71. The molecule has 0 spiro atoms. The van der Waals surface area contributed by atoms with Gasteiger partial charge < -0.3 is 4.74 Å². The molecule has 4 aromatic rings. The van der Waals surface area contributed by atoms with Crippen molar-refractivity contribution in [1.29, 1.82) is 0 Å². The van der Waals surface area contributed by atoms with E-state index in [1.807, 2.05) is 48.5 Å². The van der Waals surface area contributed by atoms with Gasteiger partial charge >= 0.3 is 0 Å². The van der Waals surface area contributed by atoms with Gasteiger partial charge in [0.25, 0.3) is 15.9 Å². The maximum atomic E-state index is 12.5. The molecule has 0 heterocycles. The van der Waals surface area contributed by atoms with E-state index in [2.05, 4.69) is 31.2 Å². The highest BCUT2D eigenvalue weighted by atomic mass is 79.9. The Bertz CT molecular complexity index is 1460. The first-order valence-corrected chi connectivity index (χ1v) is 13.2. The lowest BCUT2D eigenvalue weighted by Crippen LogP contribution is -2.18. The number of sulfonamides is 1. The molecule has 9 heteroatoms. The zero-order valence-corrected chi connectivity index (χ0v) is 21.4. The third-order valence-electron chi connectivity index (χ3n) is 5.03. The first-order chi connectivity index (χ1) is 17.4. The van der Waals surface area contributed by atoms with Crippen molar-refractivity contribution in [2.45, 2.75) is 11.5 Å². The summed E-state index contributed by atoms with van der Waals surface area (Å²) < 4.78 is 34.2. The van der Waals surface area contributed by atoms with Crippen molar-refractivity contribution in [1.82, 2.24) is 5.43 Å². The molecular formula is C27H22BrN3O4S. The van der Waals surface area contributed by atoms with Crippen molar-refractivity contribution in [3.8, 4) is 5.75 Å². The molecule has 0 fully saturated rings. The predicted molar refractivity (Wildman–Crippen MR) is 144 cm³/mol. The summed E-state index contributed by atoms with van der Waals surface area (Å²) in [6.07, 6.45) is 1.51. The standard InChI is InChI=1S/C27H22BrN3O4S/c28-23-13-16-26(35-19-20-7-3-1-4-8-20)22(17-23)18-29-30-27(32)21-11-14-24(15-12-21)31-36(33,34)25-9-5-2-6-10-25/h1-18,31H,19H2,(H,30,32)/b29-18+. The molecule has 0 aliphatic rings. The van der Waals surface area contributed by atoms with Gasteiger partial charge in [-0.2, -0.15) is 5.10 Å². The Morgan fingerprint density at radius 3 is 2.25 bits per heavy atom. The fourth-order valence-corrected chi connectivity index (χ4v) is 4.67. The van der Waals surface area contributed by atoms with Crippen LogP contribution in [0.25, 0.3) is 0 Å². The molecule has 0 unspecified atom stereocenters. The van der Waals surface area contributed by atoms with E-state index in [1.54, 1.807) is 18.2 Å². The molecule has 0 saturated carbocycles. The van der Waals surface area contributed by atoms with Crippen LogP contribution in [0.2, 0.25) is 0 Å². The Morgan fingerprint density at radius 2 is 1.56 bits per heavy atom. The minimum Gasteiger partial charge on any atom is -0.488 e. The summed E-state index contributed by atoms with van der Waals surface area (Å²) in [6, 6.07) is 29.4. The molecule has 0 radical (unpaired) electrons. The summed E-state index contributed by atoms with van der Waals surface area (Å²) in [5, 5.41) is 4.06. The maximum absolute atomic E-state index is 12.5. The van der Waals surface area contributed by atoms with Crippen molar-refractivity contribution < 1.29 is 17.9 Å². The molecule has 0 aromatic heterocycles. The third-order valence-corrected chi connectivity index (χ3v) is 6.92. The van der Waals surface area contributed by atoms with Crippen LogP contribution in [0, 0.1) is 0 Å². The summed E-state index contributed by atoms with van der Waals surface area (Å²) in [5.41, 5.74) is 4.87. The Kier molecular flexibility index (Phi) is 8.14. The number of hydrogen-bond donors (Lipinski definition) is 2. The highest BCUT2D eigenvalue weighted by Crippen LogP contribution is 2.23. The van der Waals surface area contributed by atoms with Crippen molar-refractivity contribution >= 4 is 43.8 Å². The van der Waals surface area contributed by atoms with E-state index in [-0.39, 0.29) is 4.90 Å². The lowest BCUT2D eigenvalue weighted by atomic mass is 10.2. The predicted octanol–water partition coefficient (Wildman–Crippen LogP) is 5.59. The molecule has 36 heavy (non-hydrogen) atoms. The second-order valence-corrected chi connectivity index (χ2v) is 10.2. The normalized spacial score (nSPS) is 11.2. The van der Waals surface area contributed by atoms with Crippen LogP contribution in [0.5, 0.6) is 5.75 Å². The van der Waals surface area contributed by atoms with Gasteiger partial charge in [0.05, 0.1) is 11.1 Å². The molecule has 2 N–H and O–H groups in total. The molecule has 0 bridgehead atoms. The van der Waals surface area contributed by atoms with Crippen LogP contribution < -0.4 is 14.9 Å². The number of nitrogens with one attached hydrogen (secondary N) is 2. The second-order valence-electron chi connectivity index (χ2n) is 7.65. The van der Waals surface area contributed by atoms with Crippen LogP contribution in [0.3, 0.4) is 0 Å². The zero-order valence-electron chi connectivity index (χ0n) is 19.0. The first-order valence-electron chi connectivity index (χ1n) is 10.9. The fraction of sp³-hybridized carbons (Fsp3) is 0.0370. The summed E-state index contributed by atoms with van der Waals surface area (Å²) in [6.45, 7) is 0.399. The van der Waals surface area contributed by atoms with Gasteiger partial charge in [-0.3, -0.25) is 9.52 Å². The molecule has 0 saturated heterocycles. The number of ether oxygens (including phenoxy) is 1. The maximum Gasteiger partial charge on any atom is 0.271 e. The van der Waals surface area contributed by atoms with E-state index in [1.165, 1.54) is 42.6 Å². The lowest BCUT2D eigenvalue weighted by Gasteiger charge is -2.10. The van der Waals surface area contributed by atoms with Gasteiger partial charge in [-0.1, -0.05) is 64.5 Å². The van der Waals surface area contributed by atoms with Gasteiger partial charge in [-0.05, 0) is 60.2 Å². The number of benzene rings is 4. The van der Waals surface area contributed by atoms with E-state index in [0.29, 0.717) is 29.2 Å². The number of anilines is 1. The average Bonchev–Trinajstić information content (AvgIpc) is 2.89. The summed E-state index contributed by atoms with van der Waals surface area (Å²) in [5.74, 6) is 0.181. The number of hydrogen-bond acceptors (Lipinski definition) is 5. The molecular weight excluding hydrogens is 542 g/mol. The zero-order chi connectivity index (χ0) is 25.4. The minimum absolute atomic E-state index is 0.154. The Labute approximate surface area is 218 Å². The van der Waals surface area contributed by atoms with Crippen LogP contribution in [-0.2, 0) is 16.6 Å². The molecule has 0 aliphatic heterocycles. The van der Waals surface area contributed by atoms with Crippen LogP contribution in [-0.4, -0.2) is 20.5 Å².